The molecule has 0 radical (unpaired) electrons. The predicted octanol–water partition coefficient (Wildman–Crippen LogP) is 4.60. The van der Waals surface area contributed by atoms with Gasteiger partial charge in [-0.25, -0.2) is 0 Å². The molecule has 0 saturated carbocycles. The first kappa shape index (κ1) is 23.2. The van der Waals surface area contributed by atoms with Gasteiger partial charge in [-0.3, -0.25) is 4.79 Å². The Labute approximate surface area is 163 Å². The number of ether oxygens (including phenoxy) is 2. The van der Waals surface area contributed by atoms with E-state index in [4.69, 9.17) is 14.9 Å². The maximum absolute atomic E-state index is 11.9. The fourth-order valence-electron chi connectivity index (χ4n) is 2.75. The highest BCUT2D eigenvalue weighted by atomic mass is 16.5. The molecule has 2 N–H and O–H groups in total. The molecule has 0 spiro atoms. The number of aliphatic hydroxyl groups excluding tert-OH is 1. The van der Waals surface area contributed by atoms with E-state index in [1.54, 1.807) is 0 Å². The minimum Gasteiger partial charge on any atom is -0.494 e. The molecule has 0 heterocycles. The first-order valence-corrected chi connectivity index (χ1v) is 10.0. The summed E-state index contributed by atoms with van der Waals surface area (Å²) in [7, 11) is 0. The minimum absolute atomic E-state index is 0.0853. The fraction of sp³-hybridized carbons (Fsp3) is 0.636. The molecular weight excluding hydrogens is 342 g/mol. The Kier molecular flexibility index (Phi) is 10.7. The number of hydrogen-bond donors (Lipinski definition) is 2. The molecule has 152 valence electrons. The van der Waals surface area contributed by atoms with Crippen LogP contribution in [0.3, 0.4) is 0 Å². The zero-order valence-electron chi connectivity index (χ0n) is 17.2. The number of benzene rings is 1. The van der Waals surface area contributed by atoms with Crippen molar-refractivity contribution in [3.63, 3.8) is 0 Å². The summed E-state index contributed by atoms with van der Waals surface area (Å²) in [5.74, 6) is 0.233. The van der Waals surface area contributed by atoms with Gasteiger partial charge in [-0.1, -0.05) is 40.5 Å². The second kappa shape index (κ2) is 12.5. The van der Waals surface area contributed by atoms with E-state index in [9.17, 15) is 9.90 Å². The topological polar surface area (TPSA) is 79.6 Å². The highest BCUT2D eigenvalue weighted by Gasteiger charge is 2.26. The van der Waals surface area contributed by atoms with E-state index in [0.29, 0.717) is 25.3 Å². The number of unbranched alkanes of at least 4 members (excludes halogenated alkanes) is 1. The third-order valence-corrected chi connectivity index (χ3v) is 4.32. The molecule has 2 atom stereocenters. The Balaban J connectivity index is 2.71. The van der Waals surface area contributed by atoms with Crippen LogP contribution in [0.5, 0.6) is 5.75 Å². The monoisotopic (exact) mass is 377 g/mol. The van der Waals surface area contributed by atoms with Crippen LogP contribution < -0.4 is 4.74 Å². The smallest absolute Gasteiger partial charge is 0.308 e. The summed E-state index contributed by atoms with van der Waals surface area (Å²) < 4.78 is 10.8. The zero-order valence-corrected chi connectivity index (χ0v) is 17.2. The first-order chi connectivity index (χ1) is 12.9. The lowest BCUT2D eigenvalue weighted by Gasteiger charge is -2.23. The molecule has 0 saturated heterocycles. The zero-order chi connectivity index (χ0) is 20.2. The largest absolute Gasteiger partial charge is 0.494 e. The summed E-state index contributed by atoms with van der Waals surface area (Å²) in [6, 6.07) is 7.39. The second-order valence-corrected chi connectivity index (χ2v) is 7.38. The molecule has 1 rings (SSSR count). The van der Waals surface area contributed by atoms with Gasteiger partial charge in [0, 0.05) is 11.6 Å². The molecule has 2 unspecified atom stereocenters. The van der Waals surface area contributed by atoms with Crippen molar-refractivity contribution in [1.29, 1.82) is 5.41 Å². The quantitative estimate of drug-likeness (QED) is 0.299. The van der Waals surface area contributed by atoms with Gasteiger partial charge < -0.3 is 20.0 Å². The molecule has 0 aromatic heterocycles. The normalized spacial score (nSPS) is 13.3. The lowest BCUT2D eigenvalue weighted by molar-refractivity contribution is -0.147. The van der Waals surface area contributed by atoms with Crippen molar-refractivity contribution in [2.75, 3.05) is 13.2 Å². The van der Waals surface area contributed by atoms with E-state index in [-0.39, 0.29) is 12.3 Å². The van der Waals surface area contributed by atoms with Gasteiger partial charge in [-0.15, -0.1) is 0 Å². The summed E-state index contributed by atoms with van der Waals surface area (Å²) in [6.45, 7) is 9.09. The summed E-state index contributed by atoms with van der Waals surface area (Å²) in [5.41, 5.74) is 1.09. The van der Waals surface area contributed by atoms with E-state index in [1.807, 2.05) is 45.0 Å². The van der Waals surface area contributed by atoms with Gasteiger partial charge in [-0.05, 0) is 48.6 Å². The number of carbonyl (C=O) groups is 1. The summed E-state index contributed by atoms with van der Waals surface area (Å²) in [5, 5.41) is 19.1. The highest BCUT2D eigenvalue weighted by molar-refractivity contribution is 6.00. The van der Waals surface area contributed by atoms with E-state index < -0.39 is 18.0 Å². The summed E-state index contributed by atoms with van der Waals surface area (Å²) in [4.78, 5) is 11.9. The van der Waals surface area contributed by atoms with Crippen LogP contribution >= 0.6 is 0 Å². The molecule has 0 aliphatic heterocycles. The molecule has 5 nitrogen and oxygen atoms in total. The third-order valence-electron chi connectivity index (χ3n) is 4.32. The Bertz CT molecular complexity index is 568. The molecule has 0 aliphatic rings. The van der Waals surface area contributed by atoms with Crippen molar-refractivity contribution >= 4 is 11.7 Å². The number of nitrogens with one attached hydrogen (secondary N) is 1. The lowest BCUT2D eigenvalue weighted by Crippen LogP contribution is -2.31. The Morgan fingerprint density at radius 3 is 2.37 bits per heavy atom. The fourth-order valence-corrected chi connectivity index (χ4v) is 2.75. The third kappa shape index (κ3) is 8.57. The number of esters is 1. The van der Waals surface area contributed by atoms with Crippen LogP contribution in [-0.2, 0) is 9.53 Å². The van der Waals surface area contributed by atoms with E-state index in [0.717, 1.165) is 30.6 Å². The maximum atomic E-state index is 11.9. The summed E-state index contributed by atoms with van der Waals surface area (Å²) >= 11 is 0. The lowest BCUT2D eigenvalue weighted by atomic mass is 9.86. The van der Waals surface area contributed by atoms with Crippen LogP contribution in [0.1, 0.15) is 65.4 Å². The van der Waals surface area contributed by atoms with Crippen LogP contribution in [0, 0.1) is 17.2 Å². The van der Waals surface area contributed by atoms with E-state index in [2.05, 4.69) is 6.92 Å². The number of rotatable bonds is 13. The molecule has 0 bridgehead atoms. The standard InChI is InChI=1S/C22H35NO4/c1-5-7-13-26-18-11-9-17(10-12-18)22(23)19(8-6-2)20(24)14-21(25)27-15-16(3)4/h9-12,16,19-20,23-24H,5-8,13-15H2,1-4H3. The molecule has 5 heteroatoms. The van der Waals surface area contributed by atoms with Gasteiger partial charge >= 0.3 is 5.97 Å². The predicted molar refractivity (Wildman–Crippen MR) is 108 cm³/mol. The number of aliphatic hydroxyl groups is 1. The SMILES string of the molecule is CCCCOc1ccc(C(=N)C(CCC)C(O)CC(=O)OCC(C)C)cc1. The molecule has 0 aliphatic carbocycles. The van der Waals surface area contributed by atoms with Crippen molar-refractivity contribution < 1.29 is 19.4 Å². The Morgan fingerprint density at radius 2 is 1.81 bits per heavy atom. The van der Waals surface area contributed by atoms with Gasteiger partial charge in [0.05, 0.1) is 25.7 Å². The number of carbonyl (C=O) groups excluding carboxylic acids is 1. The second-order valence-electron chi connectivity index (χ2n) is 7.38. The minimum atomic E-state index is -0.919. The average molecular weight is 378 g/mol. The summed E-state index contributed by atoms with van der Waals surface area (Å²) in [6.07, 6.45) is 2.56. The Morgan fingerprint density at radius 1 is 1.15 bits per heavy atom. The molecular formula is C22H35NO4. The van der Waals surface area contributed by atoms with Gasteiger partial charge in [0.2, 0.25) is 0 Å². The van der Waals surface area contributed by atoms with Gasteiger partial charge in [0.1, 0.15) is 5.75 Å². The maximum Gasteiger partial charge on any atom is 0.308 e. The van der Waals surface area contributed by atoms with Crippen LogP contribution in [0.4, 0.5) is 0 Å². The van der Waals surface area contributed by atoms with Crippen LogP contribution in [0.25, 0.3) is 0 Å². The van der Waals surface area contributed by atoms with Gasteiger partial charge in [-0.2, -0.15) is 0 Å². The molecule has 0 amide bonds. The highest BCUT2D eigenvalue weighted by Crippen LogP contribution is 2.22. The van der Waals surface area contributed by atoms with Crippen molar-refractivity contribution in [3.05, 3.63) is 29.8 Å². The average Bonchev–Trinajstić information content (AvgIpc) is 2.64. The van der Waals surface area contributed by atoms with Crippen molar-refractivity contribution in [1.82, 2.24) is 0 Å². The van der Waals surface area contributed by atoms with Crippen molar-refractivity contribution in [2.24, 2.45) is 11.8 Å². The van der Waals surface area contributed by atoms with Crippen molar-refractivity contribution in [2.45, 2.75) is 65.9 Å². The van der Waals surface area contributed by atoms with Crippen LogP contribution in [0.15, 0.2) is 24.3 Å². The van der Waals surface area contributed by atoms with E-state index >= 15 is 0 Å². The molecule has 27 heavy (non-hydrogen) atoms. The van der Waals surface area contributed by atoms with Gasteiger partial charge in [0.15, 0.2) is 0 Å². The Hall–Kier alpha value is -1.88. The first-order valence-electron chi connectivity index (χ1n) is 10.0. The molecule has 1 aromatic carbocycles. The molecule has 0 fully saturated rings. The number of hydrogen-bond acceptors (Lipinski definition) is 5. The van der Waals surface area contributed by atoms with Crippen molar-refractivity contribution in [3.8, 4) is 5.75 Å². The van der Waals surface area contributed by atoms with Crippen LogP contribution in [-0.4, -0.2) is 36.1 Å². The molecule has 1 aromatic rings. The van der Waals surface area contributed by atoms with Gasteiger partial charge in [0.25, 0.3) is 0 Å². The van der Waals surface area contributed by atoms with E-state index in [1.165, 1.54) is 0 Å². The van der Waals surface area contributed by atoms with Crippen LogP contribution in [0.2, 0.25) is 0 Å².